The van der Waals surface area contributed by atoms with E-state index < -0.39 is 0 Å². The molecule has 0 unspecified atom stereocenters. The zero-order valence-corrected chi connectivity index (χ0v) is 17.9. The number of methoxy groups -OCH3 is 3. The van der Waals surface area contributed by atoms with Crippen LogP contribution >= 0.6 is 0 Å². The van der Waals surface area contributed by atoms with Gasteiger partial charge >= 0.3 is 0 Å². The molecule has 156 valence electrons. The Morgan fingerprint density at radius 3 is 2.53 bits per heavy atom. The van der Waals surface area contributed by atoms with Gasteiger partial charge in [-0.1, -0.05) is 18.2 Å². The van der Waals surface area contributed by atoms with Gasteiger partial charge in [0, 0.05) is 24.1 Å². The van der Waals surface area contributed by atoms with Gasteiger partial charge in [-0.05, 0) is 61.1 Å². The number of fused-ring (bicyclic) bond motifs is 1. The molecule has 0 aliphatic carbocycles. The highest BCUT2D eigenvalue weighted by Crippen LogP contribution is 2.47. The van der Waals surface area contributed by atoms with Crippen molar-refractivity contribution in [1.29, 1.82) is 5.26 Å². The van der Waals surface area contributed by atoms with Crippen LogP contribution in [0.1, 0.15) is 42.7 Å². The average Bonchev–Trinajstić information content (AvgIpc) is 2.82. The van der Waals surface area contributed by atoms with Gasteiger partial charge in [0.25, 0.3) is 0 Å². The molecule has 0 aromatic heterocycles. The van der Waals surface area contributed by atoms with E-state index in [0.29, 0.717) is 17.5 Å². The molecule has 2 aliphatic rings. The summed E-state index contributed by atoms with van der Waals surface area (Å²) in [6.07, 6.45) is 4.45. The molecule has 2 aliphatic heterocycles. The first-order chi connectivity index (χ1) is 14.7. The summed E-state index contributed by atoms with van der Waals surface area (Å²) in [4.78, 5) is 2.33. The molecule has 2 aromatic carbocycles. The molecule has 4 rings (SSSR count). The quantitative estimate of drug-likeness (QED) is 0.703. The van der Waals surface area contributed by atoms with Crippen LogP contribution in [-0.2, 0) is 0 Å². The lowest BCUT2D eigenvalue weighted by Crippen LogP contribution is -2.43. The topological polar surface area (TPSA) is 54.7 Å². The molecular weight excluding hydrogens is 376 g/mol. The van der Waals surface area contributed by atoms with Crippen molar-refractivity contribution in [2.24, 2.45) is 0 Å². The second kappa shape index (κ2) is 8.71. The van der Waals surface area contributed by atoms with E-state index in [9.17, 15) is 5.26 Å². The van der Waals surface area contributed by atoms with Crippen LogP contribution in [0.4, 0.5) is 0 Å². The second-order valence-electron chi connectivity index (χ2n) is 7.85. The SMILES string of the molecule is COc1cccc(C2=C(C#N)N3CCCC[C@H]3C[C@H]2c2ccc(OC)c(OC)c2)c1. The van der Waals surface area contributed by atoms with Crippen LogP contribution in [0, 0.1) is 11.3 Å². The maximum absolute atomic E-state index is 10.2. The highest BCUT2D eigenvalue weighted by molar-refractivity contribution is 5.78. The molecule has 0 spiro atoms. The molecule has 0 bridgehead atoms. The van der Waals surface area contributed by atoms with E-state index in [2.05, 4.69) is 29.2 Å². The second-order valence-corrected chi connectivity index (χ2v) is 7.85. The molecule has 2 aromatic rings. The Balaban J connectivity index is 1.89. The van der Waals surface area contributed by atoms with Crippen LogP contribution in [0.25, 0.3) is 5.57 Å². The Bertz CT molecular complexity index is 992. The summed E-state index contributed by atoms with van der Waals surface area (Å²) < 4.78 is 16.5. The predicted molar refractivity (Wildman–Crippen MR) is 117 cm³/mol. The third kappa shape index (κ3) is 3.59. The minimum atomic E-state index is 0.103. The first-order valence-corrected chi connectivity index (χ1v) is 10.5. The Labute approximate surface area is 178 Å². The molecular formula is C25H28N2O3. The van der Waals surface area contributed by atoms with Crippen LogP contribution in [-0.4, -0.2) is 38.8 Å². The summed E-state index contributed by atoms with van der Waals surface area (Å²) in [5.74, 6) is 2.32. The monoisotopic (exact) mass is 404 g/mol. The molecule has 1 fully saturated rings. The third-order valence-electron chi connectivity index (χ3n) is 6.32. The maximum atomic E-state index is 10.2. The normalized spacial score (nSPS) is 20.9. The summed E-state index contributed by atoms with van der Waals surface area (Å²) in [5.41, 5.74) is 4.04. The average molecular weight is 405 g/mol. The van der Waals surface area contributed by atoms with Crippen LogP contribution in [0.5, 0.6) is 17.2 Å². The summed E-state index contributed by atoms with van der Waals surface area (Å²) in [6, 6.07) is 17.1. The van der Waals surface area contributed by atoms with Gasteiger partial charge in [0.05, 0.1) is 21.3 Å². The minimum Gasteiger partial charge on any atom is -0.497 e. The number of benzene rings is 2. The third-order valence-corrected chi connectivity index (χ3v) is 6.32. The summed E-state index contributed by atoms with van der Waals surface area (Å²) in [6.45, 7) is 0.944. The van der Waals surface area contributed by atoms with E-state index in [1.165, 1.54) is 6.42 Å². The molecule has 0 N–H and O–H groups in total. The molecule has 2 heterocycles. The van der Waals surface area contributed by atoms with Crippen molar-refractivity contribution in [2.45, 2.75) is 37.6 Å². The number of nitriles is 1. The number of hydrogen-bond donors (Lipinski definition) is 0. The van der Waals surface area contributed by atoms with E-state index in [4.69, 9.17) is 14.2 Å². The first-order valence-electron chi connectivity index (χ1n) is 10.5. The fourth-order valence-corrected chi connectivity index (χ4v) is 4.87. The molecule has 0 amide bonds. The number of hydrogen-bond acceptors (Lipinski definition) is 5. The molecule has 2 atom stereocenters. The molecule has 5 heteroatoms. The van der Waals surface area contributed by atoms with E-state index in [1.807, 2.05) is 24.3 Å². The fourth-order valence-electron chi connectivity index (χ4n) is 4.87. The summed E-state index contributed by atoms with van der Waals surface area (Å²) in [7, 11) is 4.98. The predicted octanol–water partition coefficient (Wildman–Crippen LogP) is 4.99. The Morgan fingerprint density at radius 1 is 0.967 bits per heavy atom. The van der Waals surface area contributed by atoms with E-state index in [0.717, 1.165) is 54.0 Å². The van der Waals surface area contributed by atoms with Crippen LogP contribution in [0.2, 0.25) is 0 Å². The van der Waals surface area contributed by atoms with Gasteiger partial charge in [0.2, 0.25) is 0 Å². The number of piperidine rings is 1. The van der Waals surface area contributed by atoms with Crippen molar-refractivity contribution in [3.63, 3.8) is 0 Å². The fraction of sp³-hybridized carbons (Fsp3) is 0.400. The number of allylic oxidation sites excluding steroid dienone is 2. The van der Waals surface area contributed by atoms with E-state index in [1.54, 1.807) is 21.3 Å². The minimum absolute atomic E-state index is 0.103. The Morgan fingerprint density at radius 2 is 1.80 bits per heavy atom. The van der Waals surface area contributed by atoms with E-state index >= 15 is 0 Å². The Hall–Kier alpha value is -3.13. The van der Waals surface area contributed by atoms with Crippen LogP contribution in [0.15, 0.2) is 48.2 Å². The van der Waals surface area contributed by atoms with Gasteiger partial charge in [0.15, 0.2) is 11.5 Å². The van der Waals surface area contributed by atoms with Gasteiger partial charge in [-0.25, -0.2) is 0 Å². The highest BCUT2D eigenvalue weighted by Gasteiger charge is 2.37. The Kier molecular flexibility index (Phi) is 5.85. The summed E-state index contributed by atoms with van der Waals surface area (Å²) >= 11 is 0. The first kappa shape index (κ1) is 20.2. The van der Waals surface area contributed by atoms with Crippen molar-refractivity contribution >= 4 is 5.57 Å². The summed E-state index contributed by atoms with van der Waals surface area (Å²) in [5, 5.41) is 10.2. The zero-order chi connectivity index (χ0) is 21.1. The lowest BCUT2D eigenvalue weighted by molar-refractivity contribution is 0.177. The molecule has 0 radical (unpaired) electrons. The molecule has 0 saturated carbocycles. The maximum Gasteiger partial charge on any atom is 0.161 e. The van der Waals surface area contributed by atoms with Gasteiger partial charge < -0.3 is 19.1 Å². The lowest BCUT2D eigenvalue weighted by Gasteiger charge is -2.44. The van der Waals surface area contributed by atoms with Crippen molar-refractivity contribution in [3.05, 3.63) is 59.3 Å². The largest absolute Gasteiger partial charge is 0.497 e. The zero-order valence-electron chi connectivity index (χ0n) is 17.9. The van der Waals surface area contributed by atoms with Gasteiger partial charge in [-0.15, -0.1) is 0 Å². The smallest absolute Gasteiger partial charge is 0.161 e. The number of rotatable bonds is 5. The van der Waals surface area contributed by atoms with Gasteiger partial charge in [-0.2, -0.15) is 5.26 Å². The highest BCUT2D eigenvalue weighted by atomic mass is 16.5. The van der Waals surface area contributed by atoms with Crippen molar-refractivity contribution in [2.75, 3.05) is 27.9 Å². The van der Waals surface area contributed by atoms with Gasteiger partial charge in [0.1, 0.15) is 17.5 Å². The van der Waals surface area contributed by atoms with Crippen molar-refractivity contribution in [1.82, 2.24) is 4.90 Å². The molecule has 5 nitrogen and oxygen atoms in total. The van der Waals surface area contributed by atoms with E-state index in [-0.39, 0.29) is 5.92 Å². The number of ether oxygens (including phenoxy) is 3. The van der Waals surface area contributed by atoms with Gasteiger partial charge in [-0.3, -0.25) is 0 Å². The molecule has 1 saturated heterocycles. The van der Waals surface area contributed by atoms with Crippen molar-refractivity contribution < 1.29 is 14.2 Å². The number of nitrogens with zero attached hydrogens (tertiary/aromatic N) is 2. The van der Waals surface area contributed by atoms with Crippen LogP contribution < -0.4 is 14.2 Å². The van der Waals surface area contributed by atoms with Crippen LogP contribution in [0.3, 0.4) is 0 Å². The molecule has 30 heavy (non-hydrogen) atoms. The lowest BCUT2D eigenvalue weighted by atomic mass is 9.76. The standard InChI is InChI=1S/C25H28N2O3/c1-28-20-9-6-7-18(13-20)25-21(17-10-11-23(29-2)24(14-17)30-3)15-19-8-4-5-12-27(19)22(25)16-26/h6-7,9-11,13-14,19,21H,4-5,8,12,15H2,1-3H3/t19-,21-/m0/s1. The van der Waals surface area contributed by atoms with Crippen molar-refractivity contribution in [3.8, 4) is 23.3 Å².